The van der Waals surface area contributed by atoms with Crippen LogP contribution in [0.2, 0.25) is 0 Å². The first kappa shape index (κ1) is 18.7. The average Bonchev–Trinajstić information content (AvgIpc) is 3.05. The normalized spacial score (nSPS) is 23.3. The maximum absolute atomic E-state index is 6.25. The summed E-state index contributed by atoms with van der Waals surface area (Å²) in [6.07, 6.45) is 2.40. The Kier molecular flexibility index (Phi) is 7.01. The smallest absolute Gasteiger partial charge is 0.0901 e. The van der Waals surface area contributed by atoms with Crippen molar-refractivity contribution in [2.24, 2.45) is 5.73 Å². The lowest BCUT2D eigenvalue weighted by molar-refractivity contribution is 0.0455. The van der Waals surface area contributed by atoms with Crippen LogP contribution in [0.1, 0.15) is 68.4 Å². The number of benzene rings is 2. The molecule has 3 atom stereocenters. The minimum atomic E-state index is 0.170. The third kappa shape index (κ3) is 3.55. The average molecular weight is 325 g/mol. The Hall–Kier alpha value is -1.64. The molecule has 0 spiro atoms. The molecule has 2 N–H and O–H groups in total. The predicted molar refractivity (Wildman–Crippen MR) is 102 cm³/mol. The van der Waals surface area contributed by atoms with E-state index in [2.05, 4.69) is 48.5 Å². The highest BCUT2D eigenvalue weighted by Crippen LogP contribution is 2.48. The monoisotopic (exact) mass is 325 g/mol. The number of hydrogen-bond donors (Lipinski definition) is 1. The summed E-state index contributed by atoms with van der Waals surface area (Å²) in [4.78, 5) is 0. The van der Waals surface area contributed by atoms with Crippen LogP contribution >= 0.6 is 0 Å². The summed E-state index contributed by atoms with van der Waals surface area (Å²) in [6.45, 7) is 8.61. The van der Waals surface area contributed by atoms with Gasteiger partial charge < -0.3 is 10.5 Å². The van der Waals surface area contributed by atoms with E-state index in [1.807, 2.05) is 27.7 Å². The molecule has 1 saturated heterocycles. The molecule has 4 rings (SSSR count). The fourth-order valence-corrected chi connectivity index (χ4v) is 3.73. The molecule has 2 nitrogen and oxygen atoms in total. The van der Waals surface area contributed by atoms with Crippen molar-refractivity contribution in [1.29, 1.82) is 0 Å². The van der Waals surface area contributed by atoms with Crippen LogP contribution in [0.15, 0.2) is 48.5 Å². The first-order valence-electron chi connectivity index (χ1n) is 9.38. The van der Waals surface area contributed by atoms with Crippen molar-refractivity contribution in [2.75, 3.05) is 6.54 Å². The van der Waals surface area contributed by atoms with E-state index in [0.29, 0.717) is 12.5 Å². The van der Waals surface area contributed by atoms with Crippen molar-refractivity contribution in [3.05, 3.63) is 70.8 Å². The molecule has 2 aromatic rings. The molecule has 3 unspecified atom stereocenters. The maximum Gasteiger partial charge on any atom is 0.0901 e. The molecule has 2 aromatic carbocycles. The van der Waals surface area contributed by atoms with Crippen LogP contribution in [-0.4, -0.2) is 12.6 Å². The molecule has 0 radical (unpaired) electrons. The Bertz CT molecular complexity index is 584. The minimum Gasteiger partial charge on any atom is -0.368 e. The van der Waals surface area contributed by atoms with Crippen molar-refractivity contribution in [2.45, 2.75) is 58.7 Å². The second-order valence-electron chi connectivity index (χ2n) is 5.83. The summed E-state index contributed by atoms with van der Waals surface area (Å²) in [5.41, 5.74) is 11.5. The number of nitrogens with two attached hydrogens (primary N) is 1. The largest absolute Gasteiger partial charge is 0.368 e. The number of hydrogen-bond acceptors (Lipinski definition) is 2. The van der Waals surface area contributed by atoms with Crippen molar-refractivity contribution in [3.8, 4) is 0 Å². The number of fused-ring (bicyclic) bond motifs is 5. The summed E-state index contributed by atoms with van der Waals surface area (Å²) in [6, 6.07) is 17.5. The van der Waals surface area contributed by atoms with Gasteiger partial charge in [0.05, 0.1) is 12.2 Å². The maximum atomic E-state index is 6.25. The van der Waals surface area contributed by atoms with Crippen LogP contribution in [0.3, 0.4) is 0 Å². The molecule has 1 heterocycles. The van der Waals surface area contributed by atoms with E-state index in [1.165, 1.54) is 22.3 Å². The van der Waals surface area contributed by atoms with Gasteiger partial charge in [-0.05, 0) is 35.1 Å². The summed E-state index contributed by atoms with van der Waals surface area (Å²) in [7, 11) is 0. The Morgan fingerprint density at radius 1 is 0.875 bits per heavy atom. The van der Waals surface area contributed by atoms with Gasteiger partial charge in [-0.15, -0.1) is 0 Å². The molecule has 1 fully saturated rings. The summed E-state index contributed by atoms with van der Waals surface area (Å²) >= 11 is 0. The highest BCUT2D eigenvalue weighted by molar-refractivity contribution is 5.45. The third-order valence-corrected chi connectivity index (χ3v) is 4.68. The van der Waals surface area contributed by atoms with Crippen molar-refractivity contribution >= 4 is 0 Å². The fraction of sp³-hybridized carbons (Fsp3) is 0.455. The van der Waals surface area contributed by atoms with Gasteiger partial charge in [0.25, 0.3) is 0 Å². The van der Waals surface area contributed by atoms with E-state index in [9.17, 15) is 0 Å². The van der Waals surface area contributed by atoms with E-state index in [1.54, 1.807) is 0 Å². The first-order valence-corrected chi connectivity index (χ1v) is 9.38. The van der Waals surface area contributed by atoms with Crippen LogP contribution < -0.4 is 5.73 Å². The molecule has 0 saturated carbocycles. The Balaban J connectivity index is 0.000000487. The predicted octanol–water partition coefficient (Wildman–Crippen LogP) is 5.22. The van der Waals surface area contributed by atoms with Gasteiger partial charge in [-0.1, -0.05) is 76.2 Å². The zero-order valence-electron chi connectivity index (χ0n) is 15.5. The lowest BCUT2D eigenvalue weighted by Crippen LogP contribution is -2.19. The van der Waals surface area contributed by atoms with Gasteiger partial charge in [-0.25, -0.2) is 0 Å². The van der Waals surface area contributed by atoms with Crippen LogP contribution in [-0.2, 0) is 11.2 Å². The molecular formula is C22H31NO. The molecule has 130 valence electrons. The molecular weight excluding hydrogens is 294 g/mol. The Morgan fingerprint density at radius 2 is 1.42 bits per heavy atom. The van der Waals surface area contributed by atoms with Crippen LogP contribution in [0.4, 0.5) is 0 Å². The topological polar surface area (TPSA) is 35.2 Å². The number of rotatable bonds is 1. The SMILES string of the molecule is CC.CC.NCC1CC2c3ccccc3Cc3ccccc3C2O1. The van der Waals surface area contributed by atoms with Crippen molar-refractivity contribution in [3.63, 3.8) is 0 Å². The molecule has 0 amide bonds. The van der Waals surface area contributed by atoms with E-state index >= 15 is 0 Å². The van der Waals surface area contributed by atoms with E-state index in [4.69, 9.17) is 10.5 Å². The van der Waals surface area contributed by atoms with Crippen molar-refractivity contribution in [1.82, 2.24) is 0 Å². The highest BCUT2D eigenvalue weighted by atomic mass is 16.5. The lowest BCUT2D eigenvalue weighted by Gasteiger charge is -2.19. The van der Waals surface area contributed by atoms with Gasteiger partial charge in [0.15, 0.2) is 0 Å². The van der Waals surface area contributed by atoms with Gasteiger partial charge in [0.2, 0.25) is 0 Å². The van der Waals surface area contributed by atoms with Crippen molar-refractivity contribution < 1.29 is 4.74 Å². The quantitative estimate of drug-likeness (QED) is 0.780. The Morgan fingerprint density at radius 3 is 2.04 bits per heavy atom. The highest BCUT2D eigenvalue weighted by Gasteiger charge is 2.39. The third-order valence-electron chi connectivity index (χ3n) is 4.68. The molecule has 2 aliphatic rings. The van der Waals surface area contributed by atoms with Crippen LogP contribution in [0, 0.1) is 0 Å². The molecule has 24 heavy (non-hydrogen) atoms. The van der Waals surface area contributed by atoms with Gasteiger partial charge >= 0.3 is 0 Å². The van der Waals surface area contributed by atoms with Gasteiger partial charge in [-0.2, -0.15) is 0 Å². The first-order chi connectivity index (χ1) is 11.9. The standard InChI is InChI=1S/C18H19NO.2C2H6/c19-11-14-10-17-15-7-3-1-5-12(15)9-13-6-2-4-8-16(13)18(17)20-14;2*1-2/h1-8,14,17-18H,9-11,19H2;2*1-2H3. The van der Waals surface area contributed by atoms with E-state index < -0.39 is 0 Å². The van der Waals surface area contributed by atoms with Crippen LogP contribution in [0.5, 0.6) is 0 Å². The summed E-state index contributed by atoms with van der Waals surface area (Å²) in [5, 5.41) is 0. The van der Waals surface area contributed by atoms with E-state index in [0.717, 1.165) is 12.8 Å². The summed E-state index contributed by atoms with van der Waals surface area (Å²) < 4.78 is 6.25. The zero-order chi connectivity index (χ0) is 17.5. The van der Waals surface area contributed by atoms with Gasteiger partial charge in [0.1, 0.15) is 0 Å². The second-order valence-corrected chi connectivity index (χ2v) is 5.83. The van der Waals surface area contributed by atoms with Crippen LogP contribution in [0.25, 0.3) is 0 Å². The fourth-order valence-electron chi connectivity index (χ4n) is 3.73. The van der Waals surface area contributed by atoms with Gasteiger partial charge in [0, 0.05) is 12.5 Å². The summed E-state index contributed by atoms with van der Waals surface area (Å²) in [5.74, 6) is 0.448. The lowest BCUT2D eigenvalue weighted by atomic mass is 9.87. The molecule has 0 bridgehead atoms. The Labute approximate surface area is 147 Å². The molecule has 1 aliphatic carbocycles. The zero-order valence-corrected chi connectivity index (χ0v) is 15.5. The number of ether oxygens (including phenoxy) is 1. The van der Waals surface area contributed by atoms with E-state index in [-0.39, 0.29) is 12.2 Å². The van der Waals surface area contributed by atoms with Gasteiger partial charge in [-0.3, -0.25) is 0 Å². The molecule has 1 aliphatic heterocycles. The molecule has 0 aromatic heterocycles. The molecule has 2 heteroatoms. The second kappa shape index (κ2) is 9.00. The minimum absolute atomic E-state index is 0.170.